The molecule has 0 fully saturated rings. The van der Waals surface area contributed by atoms with E-state index in [1.165, 1.54) is 0 Å². The molecule has 1 amide bonds. The second-order valence-corrected chi connectivity index (χ2v) is 5.98. The van der Waals surface area contributed by atoms with Crippen molar-refractivity contribution in [2.45, 2.75) is 33.2 Å². The van der Waals surface area contributed by atoms with Crippen LogP contribution in [-0.2, 0) is 19.4 Å². The maximum absolute atomic E-state index is 12.6. The van der Waals surface area contributed by atoms with Crippen LogP contribution in [0.15, 0.2) is 59.3 Å². The highest BCUT2D eigenvalue weighted by Crippen LogP contribution is 2.23. The number of furan rings is 1. The van der Waals surface area contributed by atoms with E-state index >= 15 is 0 Å². The van der Waals surface area contributed by atoms with Gasteiger partial charge in [-0.3, -0.25) is 4.79 Å². The number of hydrogen-bond acceptors (Lipinski definition) is 4. The van der Waals surface area contributed by atoms with Gasteiger partial charge in [0.2, 0.25) is 0 Å². The topological polar surface area (TPSA) is 67.2 Å². The normalized spacial score (nSPS) is 10.5. The van der Waals surface area contributed by atoms with Crippen molar-refractivity contribution in [3.05, 3.63) is 77.5 Å². The van der Waals surface area contributed by atoms with Crippen LogP contribution in [0, 0.1) is 0 Å². The minimum absolute atomic E-state index is 0.196. The molecule has 0 aliphatic rings. The van der Waals surface area contributed by atoms with Crippen molar-refractivity contribution in [3.63, 3.8) is 0 Å². The van der Waals surface area contributed by atoms with Crippen LogP contribution in [0.2, 0.25) is 0 Å². The van der Waals surface area contributed by atoms with E-state index in [0.717, 1.165) is 41.1 Å². The SMILES string of the molecule is CCc1cccc(CC)c1NC(=O)c1ccc(NCc2ccco2)cn1. The number of pyridine rings is 1. The fraction of sp³-hybridized carbons (Fsp3) is 0.238. The first-order valence-electron chi connectivity index (χ1n) is 8.85. The van der Waals surface area contributed by atoms with Gasteiger partial charge < -0.3 is 15.1 Å². The molecule has 3 rings (SSSR count). The first-order chi connectivity index (χ1) is 12.7. The lowest BCUT2D eigenvalue weighted by molar-refractivity contribution is 0.102. The van der Waals surface area contributed by atoms with Gasteiger partial charge in [0.25, 0.3) is 5.91 Å². The minimum atomic E-state index is -0.196. The quantitative estimate of drug-likeness (QED) is 0.651. The molecule has 134 valence electrons. The Morgan fingerprint density at radius 1 is 1.04 bits per heavy atom. The van der Waals surface area contributed by atoms with E-state index in [1.807, 2.05) is 36.4 Å². The van der Waals surface area contributed by atoms with Gasteiger partial charge in [-0.2, -0.15) is 0 Å². The van der Waals surface area contributed by atoms with Crippen LogP contribution in [0.1, 0.15) is 41.2 Å². The van der Waals surface area contributed by atoms with E-state index in [9.17, 15) is 4.79 Å². The Bertz CT molecular complexity index is 833. The lowest BCUT2D eigenvalue weighted by Crippen LogP contribution is -2.16. The Morgan fingerprint density at radius 2 is 1.81 bits per heavy atom. The summed E-state index contributed by atoms with van der Waals surface area (Å²) in [6.45, 7) is 4.74. The van der Waals surface area contributed by atoms with Gasteiger partial charge in [-0.1, -0.05) is 32.0 Å². The molecule has 0 unspecified atom stereocenters. The molecule has 0 saturated heterocycles. The summed E-state index contributed by atoms with van der Waals surface area (Å²) in [4.78, 5) is 16.9. The standard InChI is InChI=1S/C21H23N3O2/c1-3-15-7-5-8-16(4-2)20(15)24-21(25)19-11-10-17(13-23-19)22-14-18-9-6-12-26-18/h5-13,22H,3-4,14H2,1-2H3,(H,24,25). The summed E-state index contributed by atoms with van der Waals surface area (Å²) in [6.07, 6.45) is 5.03. The molecule has 5 nitrogen and oxygen atoms in total. The van der Waals surface area contributed by atoms with E-state index in [2.05, 4.69) is 29.5 Å². The third kappa shape index (κ3) is 4.11. The van der Waals surface area contributed by atoms with E-state index in [-0.39, 0.29) is 5.91 Å². The third-order valence-electron chi connectivity index (χ3n) is 4.28. The van der Waals surface area contributed by atoms with E-state index in [4.69, 9.17) is 4.42 Å². The fourth-order valence-electron chi connectivity index (χ4n) is 2.82. The predicted octanol–water partition coefficient (Wildman–Crippen LogP) is 4.66. The van der Waals surface area contributed by atoms with Gasteiger partial charge in [-0.25, -0.2) is 4.98 Å². The Kier molecular flexibility index (Phi) is 5.69. The number of hydrogen-bond donors (Lipinski definition) is 2. The first-order valence-corrected chi connectivity index (χ1v) is 8.85. The van der Waals surface area contributed by atoms with Crippen molar-refractivity contribution in [2.75, 3.05) is 10.6 Å². The van der Waals surface area contributed by atoms with Gasteiger partial charge in [0.1, 0.15) is 11.5 Å². The Balaban J connectivity index is 1.69. The van der Waals surface area contributed by atoms with Crippen LogP contribution in [-0.4, -0.2) is 10.9 Å². The van der Waals surface area contributed by atoms with Crippen LogP contribution in [0.25, 0.3) is 0 Å². The third-order valence-corrected chi connectivity index (χ3v) is 4.28. The van der Waals surface area contributed by atoms with Gasteiger partial charge >= 0.3 is 0 Å². The molecule has 0 saturated carbocycles. The van der Waals surface area contributed by atoms with E-state index in [0.29, 0.717) is 12.2 Å². The molecule has 0 aliphatic carbocycles. The summed E-state index contributed by atoms with van der Waals surface area (Å²) in [5.74, 6) is 0.647. The van der Waals surface area contributed by atoms with Crippen LogP contribution in [0.4, 0.5) is 11.4 Å². The minimum Gasteiger partial charge on any atom is -0.467 e. The number of nitrogens with zero attached hydrogens (tertiary/aromatic N) is 1. The number of aryl methyl sites for hydroxylation is 2. The number of carbonyl (C=O) groups excluding carboxylic acids is 1. The van der Waals surface area contributed by atoms with Crippen LogP contribution >= 0.6 is 0 Å². The van der Waals surface area contributed by atoms with Crippen molar-refractivity contribution < 1.29 is 9.21 Å². The van der Waals surface area contributed by atoms with Crippen molar-refractivity contribution in [1.29, 1.82) is 0 Å². The Hall–Kier alpha value is -3.08. The second-order valence-electron chi connectivity index (χ2n) is 5.98. The van der Waals surface area contributed by atoms with Crippen LogP contribution in [0.3, 0.4) is 0 Å². The molecule has 0 aliphatic heterocycles. The zero-order chi connectivity index (χ0) is 18.4. The molecule has 5 heteroatoms. The lowest BCUT2D eigenvalue weighted by Gasteiger charge is -2.14. The second kappa shape index (κ2) is 8.34. The van der Waals surface area contributed by atoms with Crippen LogP contribution < -0.4 is 10.6 Å². The highest BCUT2D eigenvalue weighted by molar-refractivity contribution is 6.03. The summed E-state index contributed by atoms with van der Waals surface area (Å²) < 4.78 is 5.28. The van der Waals surface area contributed by atoms with Gasteiger partial charge in [-0.15, -0.1) is 0 Å². The smallest absolute Gasteiger partial charge is 0.274 e. The number of carbonyl (C=O) groups is 1. The van der Waals surface area contributed by atoms with Gasteiger partial charge in [0.15, 0.2) is 0 Å². The molecule has 26 heavy (non-hydrogen) atoms. The molecule has 1 aromatic carbocycles. The maximum Gasteiger partial charge on any atom is 0.274 e. The van der Waals surface area contributed by atoms with Crippen molar-refractivity contribution in [1.82, 2.24) is 4.98 Å². The molecule has 0 spiro atoms. The number of para-hydroxylation sites is 1. The molecule has 0 bridgehead atoms. The number of aromatic nitrogens is 1. The summed E-state index contributed by atoms with van der Waals surface area (Å²) >= 11 is 0. The predicted molar refractivity (Wildman–Crippen MR) is 103 cm³/mol. The van der Waals surface area contributed by atoms with Gasteiger partial charge in [0, 0.05) is 5.69 Å². The summed E-state index contributed by atoms with van der Waals surface area (Å²) in [6, 6.07) is 13.4. The van der Waals surface area contributed by atoms with Gasteiger partial charge in [-0.05, 0) is 48.2 Å². The lowest BCUT2D eigenvalue weighted by atomic mass is 10.0. The first kappa shape index (κ1) is 17.7. The summed E-state index contributed by atoms with van der Waals surface area (Å²) in [7, 11) is 0. The monoisotopic (exact) mass is 349 g/mol. The highest BCUT2D eigenvalue weighted by Gasteiger charge is 2.12. The number of anilines is 2. The van der Waals surface area contributed by atoms with Crippen molar-refractivity contribution in [2.24, 2.45) is 0 Å². The molecular weight excluding hydrogens is 326 g/mol. The molecule has 2 N–H and O–H groups in total. The van der Waals surface area contributed by atoms with E-state index < -0.39 is 0 Å². The average molecular weight is 349 g/mol. The van der Waals surface area contributed by atoms with Crippen LogP contribution in [0.5, 0.6) is 0 Å². The maximum atomic E-state index is 12.6. The van der Waals surface area contributed by atoms with Crippen molar-refractivity contribution in [3.8, 4) is 0 Å². The zero-order valence-corrected chi connectivity index (χ0v) is 15.1. The summed E-state index contributed by atoms with van der Waals surface area (Å²) in [5.41, 5.74) is 4.40. The van der Waals surface area contributed by atoms with Crippen molar-refractivity contribution >= 4 is 17.3 Å². The number of amides is 1. The summed E-state index contributed by atoms with van der Waals surface area (Å²) in [5, 5.41) is 6.25. The number of rotatable bonds is 7. The average Bonchev–Trinajstić information content (AvgIpc) is 3.20. The molecule has 0 radical (unpaired) electrons. The van der Waals surface area contributed by atoms with Gasteiger partial charge in [0.05, 0.1) is 24.7 Å². The largest absolute Gasteiger partial charge is 0.467 e. The molecule has 2 aromatic heterocycles. The molecular formula is C21H23N3O2. The molecule has 0 atom stereocenters. The molecule has 2 heterocycles. The Labute approximate surface area is 153 Å². The van der Waals surface area contributed by atoms with E-state index in [1.54, 1.807) is 18.5 Å². The molecule has 3 aromatic rings. The Morgan fingerprint density at radius 3 is 2.38 bits per heavy atom. The highest BCUT2D eigenvalue weighted by atomic mass is 16.3. The number of benzene rings is 1. The number of nitrogens with one attached hydrogen (secondary N) is 2. The zero-order valence-electron chi connectivity index (χ0n) is 15.1. The fourth-order valence-corrected chi connectivity index (χ4v) is 2.82.